The maximum absolute atomic E-state index is 13.2. The van der Waals surface area contributed by atoms with Crippen molar-refractivity contribution in [2.45, 2.75) is 13.5 Å². The molecule has 0 fully saturated rings. The van der Waals surface area contributed by atoms with Crippen molar-refractivity contribution in [3.63, 3.8) is 0 Å². The summed E-state index contributed by atoms with van der Waals surface area (Å²) < 4.78 is 5.15. The molecular weight excluding hydrogens is 412 g/mol. The predicted molar refractivity (Wildman–Crippen MR) is 119 cm³/mol. The van der Waals surface area contributed by atoms with Crippen molar-refractivity contribution in [2.24, 2.45) is 0 Å². The summed E-state index contributed by atoms with van der Waals surface area (Å²) in [5.41, 5.74) is 2.47. The fourth-order valence-electron chi connectivity index (χ4n) is 3.35. The number of pyridine rings is 1. The lowest BCUT2D eigenvalue weighted by molar-refractivity contribution is 0.0789. The number of fused-ring (bicyclic) bond motifs is 1. The van der Waals surface area contributed by atoms with Crippen LogP contribution in [0.15, 0.2) is 55.0 Å². The van der Waals surface area contributed by atoms with Crippen molar-refractivity contribution in [1.82, 2.24) is 19.9 Å². The van der Waals surface area contributed by atoms with Gasteiger partial charge in [-0.1, -0.05) is 30.3 Å². The summed E-state index contributed by atoms with van der Waals surface area (Å²) in [4.78, 5) is 41.7. The van der Waals surface area contributed by atoms with Crippen LogP contribution >= 0.6 is 11.3 Å². The molecule has 0 spiro atoms. The number of carbonyl (C=O) groups excluding carboxylic acids is 2. The van der Waals surface area contributed by atoms with E-state index in [9.17, 15) is 9.59 Å². The zero-order valence-corrected chi connectivity index (χ0v) is 18.1. The molecule has 0 unspecified atom stereocenters. The first-order valence-corrected chi connectivity index (χ1v) is 10.4. The number of nitrogens with zero attached hydrogens (tertiary/aromatic N) is 4. The Hall–Kier alpha value is -3.65. The van der Waals surface area contributed by atoms with E-state index in [0.717, 1.165) is 5.56 Å². The van der Waals surface area contributed by atoms with Crippen molar-refractivity contribution in [3.8, 4) is 5.88 Å². The number of ether oxygens (including phenoxy) is 1. The number of aryl methyl sites for hydroxylation is 1. The molecule has 1 amide bonds. The lowest BCUT2D eigenvalue weighted by Crippen LogP contribution is -2.26. The molecule has 31 heavy (non-hydrogen) atoms. The van der Waals surface area contributed by atoms with Gasteiger partial charge in [-0.2, -0.15) is 0 Å². The first-order valence-electron chi connectivity index (χ1n) is 9.57. The highest BCUT2D eigenvalue weighted by Gasteiger charge is 2.24. The number of thiophene rings is 1. The normalized spacial score (nSPS) is 10.8. The average Bonchev–Trinajstić information content (AvgIpc) is 3.15. The average molecular weight is 433 g/mol. The molecule has 0 N–H and O–H groups in total. The summed E-state index contributed by atoms with van der Waals surface area (Å²) in [7, 11) is 3.29. The molecule has 0 radical (unpaired) electrons. The Balaban J connectivity index is 1.67. The SMILES string of the molecule is COc1cc(CN(C)C(=O)c2sc3ncnc(C(=O)c4ccccc4)c3c2C)ccn1. The third-order valence-corrected chi connectivity index (χ3v) is 6.13. The summed E-state index contributed by atoms with van der Waals surface area (Å²) >= 11 is 1.27. The second-order valence-corrected chi connectivity index (χ2v) is 8.02. The monoisotopic (exact) mass is 432 g/mol. The fourth-order valence-corrected chi connectivity index (χ4v) is 4.50. The van der Waals surface area contributed by atoms with Gasteiger partial charge >= 0.3 is 0 Å². The van der Waals surface area contributed by atoms with E-state index in [-0.39, 0.29) is 11.7 Å². The summed E-state index contributed by atoms with van der Waals surface area (Å²) in [5.74, 6) is 0.162. The molecular formula is C23H20N4O3S. The van der Waals surface area contributed by atoms with Crippen LogP contribution in [0.5, 0.6) is 5.88 Å². The van der Waals surface area contributed by atoms with E-state index in [0.29, 0.717) is 44.3 Å². The van der Waals surface area contributed by atoms with Crippen LogP contribution in [0.3, 0.4) is 0 Å². The van der Waals surface area contributed by atoms with Crippen LogP contribution in [-0.2, 0) is 6.54 Å². The number of methoxy groups -OCH3 is 1. The number of benzene rings is 1. The quantitative estimate of drug-likeness (QED) is 0.430. The molecule has 0 aliphatic carbocycles. The molecule has 0 atom stereocenters. The van der Waals surface area contributed by atoms with E-state index < -0.39 is 0 Å². The molecule has 3 aromatic heterocycles. The fraction of sp³-hybridized carbons (Fsp3) is 0.174. The zero-order valence-electron chi connectivity index (χ0n) is 17.3. The van der Waals surface area contributed by atoms with Gasteiger partial charge in [-0.15, -0.1) is 11.3 Å². The summed E-state index contributed by atoms with van der Waals surface area (Å²) in [5, 5.41) is 0.628. The minimum absolute atomic E-state index is 0.144. The van der Waals surface area contributed by atoms with Crippen LogP contribution in [-0.4, -0.2) is 45.7 Å². The largest absolute Gasteiger partial charge is 0.481 e. The van der Waals surface area contributed by atoms with Crippen LogP contribution in [0.2, 0.25) is 0 Å². The van der Waals surface area contributed by atoms with Crippen molar-refractivity contribution < 1.29 is 14.3 Å². The minimum atomic E-state index is -0.190. The van der Waals surface area contributed by atoms with Gasteiger partial charge in [-0.05, 0) is 24.1 Å². The standard InChI is InChI=1S/C23H20N4O3S/c1-14-18-19(20(28)16-7-5-4-6-8-16)25-13-26-22(18)31-21(14)23(29)27(2)12-15-9-10-24-17(11-15)30-3/h4-11,13H,12H2,1-3H3. The van der Waals surface area contributed by atoms with E-state index in [1.165, 1.54) is 17.7 Å². The number of hydrogen-bond acceptors (Lipinski definition) is 7. The smallest absolute Gasteiger partial charge is 0.264 e. The molecule has 4 aromatic rings. The van der Waals surface area contributed by atoms with Gasteiger partial charge in [0.15, 0.2) is 0 Å². The van der Waals surface area contributed by atoms with Crippen LogP contribution in [0.4, 0.5) is 0 Å². The molecule has 1 aromatic carbocycles. The summed E-state index contributed by atoms with van der Waals surface area (Å²) in [6.07, 6.45) is 3.02. The first-order chi connectivity index (χ1) is 15.0. The van der Waals surface area contributed by atoms with Crippen LogP contribution < -0.4 is 4.74 Å². The highest BCUT2D eigenvalue weighted by atomic mass is 32.1. The van der Waals surface area contributed by atoms with Crippen molar-refractivity contribution in [3.05, 3.63) is 82.3 Å². The van der Waals surface area contributed by atoms with Crippen molar-refractivity contribution in [2.75, 3.05) is 14.2 Å². The Labute approximate surface area is 183 Å². The number of aromatic nitrogens is 3. The minimum Gasteiger partial charge on any atom is -0.481 e. The molecule has 0 saturated carbocycles. The lowest BCUT2D eigenvalue weighted by atomic mass is 10.0. The van der Waals surface area contributed by atoms with E-state index in [1.807, 2.05) is 31.2 Å². The Morgan fingerprint density at radius 3 is 2.61 bits per heavy atom. The highest BCUT2D eigenvalue weighted by Crippen LogP contribution is 2.32. The van der Waals surface area contributed by atoms with Crippen LogP contribution in [0.1, 0.15) is 36.9 Å². The number of rotatable bonds is 6. The molecule has 0 aliphatic rings. The predicted octanol–water partition coefficient (Wildman–Crippen LogP) is 3.91. The molecule has 8 heteroatoms. The molecule has 3 heterocycles. The van der Waals surface area contributed by atoms with Gasteiger partial charge < -0.3 is 9.64 Å². The molecule has 7 nitrogen and oxygen atoms in total. The Bertz CT molecular complexity index is 1270. The first kappa shape index (κ1) is 20.6. The Morgan fingerprint density at radius 1 is 1.10 bits per heavy atom. The molecule has 0 bridgehead atoms. The van der Waals surface area contributed by atoms with Crippen LogP contribution in [0.25, 0.3) is 10.2 Å². The Kier molecular flexibility index (Phi) is 5.73. The second kappa shape index (κ2) is 8.61. The number of amides is 1. The van der Waals surface area contributed by atoms with Gasteiger partial charge in [-0.25, -0.2) is 15.0 Å². The summed E-state index contributed by atoms with van der Waals surface area (Å²) in [6.45, 7) is 2.23. The van der Waals surface area contributed by atoms with Gasteiger partial charge in [0.1, 0.15) is 16.9 Å². The van der Waals surface area contributed by atoms with Crippen LogP contribution in [0, 0.1) is 6.92 Å². The number of hydrogen-bond donors (Lipinski definition) is 0. The maximum atomic E-state index is 13.2. The molecule has 0 aliphatic heterocycles. The van der Waals surface area contributed by atoms with E-state index in [1.54, 1.807) is 43.5 Å². The topological polar surface area (TPSA) is 85.3 Å². The van der Waals surface area contributed by atoms with Crippen molar-refractivity contribution in [1.29, 1.82) is 0 Å². The van der Waals surface area contributed by atoms with Gasteiger partial charge in [0, 0.05) is 36.8 Å². The van der Waals surface area contributed by atoms with Gasteiger partial charge in [0.2, 0.25) is 11.7 Å². The molecule has 0 saturated heterocycles. The zero-order chi connectivity index (χ0) is 22.0. The van der Waals surface area contributed by atoms with E-state index in [2.05, 4.69) is 15.0 Å². The van der Waals surface area contributed by atoms with Gasteiger partial charge in [0.25, 0.3) is 5.91 Å². The van der Waals surface area contributed by atoms with Gasteiger partial charge in [-0.3, -0.25) is 9.59 Å². The molecule has 156 valence electrons. The summed E-state index contributed by atoms with van der Waals surface area (Å²) in [6, 6.07) is 12.6. The van der Waals surface area contributed by atoms with E-state index in [4.69, 9.17) is 4.74 Å². The van der Waals surface area contributed by atoms with Crippen molar-refractivity contribution >= 4 is 33.2 Å². The van der Waals surface area contributed by atoms with Gasteiger partial charge in [0.05, 0.1) is 12.0 Å². The lowest BCUT2D eigenvalue weighted by Gasteiger charge is -2.17. The third-order valence-electron chi connectivity index (χ3n) is 4.95. The number of ketones is 1. The van der Waals surface area contributed by atoms with E-state index >= 15 is 0 Å². The highest BCUT2D eigenvalue weighted by molar-refractivity contribution is 7.20. The Morgan fingerprint density at radius 2 is 1.87 bits per heavy atom. The maximum Gasteiger partial charge on any atom is 0.264 e. The molecule has 4 rings (SSSR count). The third kappa shape index (κ3) is 4.02. The number of carbonyl (C=O) groups is 2. The second-order valence-electron chi connectivity index (χ2n) is 7.02.